The van der Waals surface area contributed by atoms with E-state index in [1.165, 1.54) is 12.7 Å². The number of nitrogens with one attached hydrogen (secondary N) is 1. The maximum absolute atomic E-state index is 12.0. The molecule has 1 amide bonds. The van der Waals surface area contributed by atoms with E-state index in [4.69, 9.17) is 9.84 Å². The second-order valence-corrected chi connectivity index (χ2v) is 4.66. The fraction of sp³-hybridized carbons (Fsp3) is 0.429. The number of rotatable bonds is 6. The predicted molar refractivity (Wildman–Crippen MR) is 68.9 cm³/mol. The van der Waals surface area contributed by atoms with Crippen molar-refractivity contribution >= 4 is 11.9 Å². The van der Waals surface area contributed by atoms with Crippen molar-refractivity contribution < 1.29 is 19.4 Å². The van der Waals surface area contributed by atoms with E-state index in [1.807, 2.05) is 24.3 Å². The Morgan fingerprint density at radius 1 is 1.47 bits per heavy atom. The summed E-state index contributed by atoms with van der Waals surface area (Å²) in [5.74, 6) is -1.11. The number of carbonyl (C=O) groups is 2. The Morgan fingerprint density at radius 3 is 2.84 bits per heavy atom. The first-order valence-electron chi connectivity index (χ1n) is 6.22. The van der Waals surface area contributed by atoms with Crippen LogP contribution in [0.2, 0.25) is 0 Å². The van der Waals surface area contributed by atoms with Crippen LogP contribution in [0.25, 0.3) is 0 Å². The summed E-state index contributed by atoms with van der Waals surface area (Å²) in [6.07, 6.45) is 0.146. The highest BCUT2D eigenvalue weighted by Gasteiger charge is 2.31. The number of fused-ring (bicyclic) bond motifs is 1. The molecule has 1 aromatic carbocycles. The van der Waals surface area contributed by atoms with Gasteiger partial charge in [-0.1, -0.05) is 24.3 Å². The molecule has 2 unspecified atom stereocenters. The minimum Gasteiger partial charge on any atom is -0.481 e. The second-order valence-electron chi connectivity index (χ2n) is 4.66. The summed E-state index contributed by atoms with van der Waals surface area (Å²) in [5.41, 5.74) is 2.27. The van der Waals surface area contributed by atoms with Gasteiger partial charge in [0.15, 0.2) is 0 Å². The van der Waals surface area contributed by atoms with Crippen LogP contribution in [0.15, 0.2) is 24.3 Å². The number of carbonyl (C=O) groups excluding carboxylic acids is 1. The van der Waals surface area contributed by atoms with Gasteiger partial charge in [0.25, 0.3) is 0 Å². The third-order valence-electron chi connectivity index (χ3n) is 3.41. The van der Waals surface area contributed by atoms with Gasteiger partial charge in [0.2, 0.25) is 5.91 Å². The number of aliphatic carboxylic acids is 1. The number of hydrogen-bond donors (Lipinski definition) is 2. The number of methoxy groups -OCH3 is 1. The van der Waals surface area contributed by atoms with Crippen LogP contribution in [0.5, 0.6) is 0 Å². The van der Waals surface area contributed by atoms with Crippen molar-refractivity contribution in [3.63, 3.8) is 0 Å². The fourth-order valence-electron chi connectivity index (χ4n) is 2.26. The van der Waals surface area contributed by atoms with Gasteiger partial charge in [-0.2, -0.15) is 0 Å². The van der Waals surface area contributed by atoms with E-state index < -0.39 is 12.1 Å². The van der Waals surface area contributed by atoms with Gasteiger partial charge in [0, 0.05) is 13.7 Å². The number of hydrogen-bond acceptors (Lipinski definition) is 3. The van der Waals surface area contributed by atoms with Gasteiger partial charge in [-0.3, -0.25) is 9.59 Å². The zero-order chi connectivity index (χ0) is 13.8. The Morgan fingerprint density at radius 2 is 2.21 bits per heavy atom. The van der Waals surface area contributed by atoms with Gasteiger partial charge in [-0.15, -0.1) is 0 Å². The number of amides is 1. The molecule has 0 fully saturated rings. The van der Waals surface area contributed by atoms with Crippen molar-refractivity contribution in [3.05, 3.63) is 35.4 Å². The molecule has 0 spiro atoms. The Bertz CT molecular complexity index is 486. The van der Waals surface area contributed by atoms with Gasteiger partial charge in [-0.25, -0.2) is 0 Å². The van der Waals surface area contributed by atoms with Crippen LogP contribution in [-0.4, -0.2) is 36.7 Å². The van der Waals surface area contributed by atoms with E-state index in [1.54, 1.807) is 0 Å². The zero-order valence-electron chi connectivity index (χ0n) is 10.8. The molecule has 0 saturated carbocycles. The highest BCUT2D eigenvalue weighted by atomic mass is 16.5. The van der Waals surface area contributed by atoms with Crippen LogP contribution in [0, 0.1) is 0 Å². The number of ether oxygens (including phenoxy) is 1. The largest absolute Gasteiger partial charge is 0.481 e. The monoisotopic (exact) mass is 263 g/mol. The van der Waals surface area contributed by atoms with Crippen LogP contribution in [0.1, 0.15) is 23.5 Å². The minimum absolute atomic E-state index is 0.0638. The highest BCUT2D eigenvalue weighted by molar-refractivity contribution is 5.86. The molecule has 0 aliphatic heterocycles. The Kier molecular flexibility index (Phi) is 4.16. The highest BCUT2D eigenvalue weighted by Crippen LogP contribution is 2.34. The van der Waals surface area contributed by atoms with Crippen molar-refractivity contribution in [2.45, 2.75) is 24.9 Å². The lowest BCUT2D eigenvalue weighted by atomic mass is 9.77. The summed E-state index contributed by atoms with van der Waals surface area (Å²) >= 11 is 0. The molecule has 0 aromatic heterocycles. The molecule has 5 nitrogen and oxygen atoms in total. The standard InChI is InChI=1S/C14H17NO4/c1-19-10(7-13(16)17)8-15-14(18)12-6-9-4-2-3-5-11(9)12/h2-5,10,12H,6-8H2,1H3,(H,15,18)(H,16,17). The van der Waals surface area contributed by atoms with Crippen molar-refractivity contribution in [3.8, 4) is 0 Å². The molecule has 5 heteroatoms. The van der Waals surface area contributed by atoms with Gasteiger partial charge >= 0.3 is 5.97 Å². The van der Waals surface area contributed by atoms with Gasteiger partial charge in [-0.05, 0) is 17.5 Å². The number of benzene rings is 1. The van der Waals surface area contributed by atoms with Crippen LogP contribution in [0.3, 0.4) is 0 Å². The quantitative estimate of drug-likeness (QED) is 0.800. The zero-order valence-corrected chi connectivity index (χ0v) is 10.8. The maximum atomic E-state index is 12.0. The van der Waals surface area contributed by atoms with Gasteiger partial charge in [0.1, 0.15) is 0 Å². The number of carboxylic acid groups (broad SMARTS) is 1. The van der Waals surface area contributed by atoms with E-state index in [-0.39, 0.29) is 24.8 Å². The maximum Gasteiger partial charge on any atom is 0.306 e. The summed E-state index contributed by atoms with van der Waals surface area (Å²) in [4.78, 5) is 22.6. The molecule has 0 radical (unpaired) electrons. The number of carboxylic acids is 1. The summed E-state index contributed by atoms with van der Waals surface area (Å²) in [6.45, 7) is 0.223. The van der Waals surface area contributed by atoms with E-state index in [2.05, 4.69) is 5.32 Å². The first-order valence-corrected chi connectivity index (χ1v) is 6.22. The molecule has 2 rings (SSSR count). The molecule has 0 bridgehead atoms. The molecule has 1 aromatic rings. The summed E-state index contributed by atoms with van der Waals surface area (Å²) in [5, 5.41) is 11.4. The lowest BCUT2D eigenvalue weighted by Gasteiger charge is -2.29. The molecule has 19 heavy (non-hydrogen) atoms. The van der Waals surface area contributed by atoms with Crippen molar-refractivity contribution in [2.75, 3.05) is 13.7 Å². The third-order valence-corrected chi connectivity index (χ3v) is 3.41. The Labute approximate surface area is 111 Å². The Balaban J connectivity index is 1.84. The third kappa shape index (κ3) is 3.12. The lowest BCUT2D eigenvalue weighted by molar-refractivity contribution is -0.140. The van der Waals surface area contributed by atoms with Crippen LogP contribution in [-0.2, 0) is 20.7 Å². The fourth-order valence-corrected chi connectivity index (χ4v) is 2.26. The van der Waals surface area contributed by atoms with Crippen LogP contribution in [0.4, 0.5) is 0 Å². The topological polar surface area (TPSA) is 75.6 Å². The summed E-state index contributed by atoms with van der Waals surface area (Å²) in [6, 6.07) is 7.84. The molecule has 2 atom stereocenters. The van der Waals surface area contributed by atoms with Crippen LogP contribution < -0.4 is 5.32 Å². The van der Waals surface area contributed by atoms with Gasteiger partial charge in [0.05, 0.1) is 18.4 Å². The molecule has 1 aliphatic carbocycles. The van der Waals surface area contributed by atoms with E-state index >= 15 is 0 Å². The van der Waals surface area contributed by atoms with Crippen molar-refractivity contribution in [1.82, 2.24) is 5.32 Å². The van der Waals surface area contributed by atoms with E-state index in [0.717, 1.165) is 12.0 Å². The van der Waals surface area contributed by atoms with E-state index in [0.29, 0.717) is 0 Å². The van der Waals surface area contributed by atoms with E-state index in [9.17, 15) is 9.59 Å². The molecule has 102 valence electrons. The summed E-state index contributed by atoms with van der Waals surface area (Å²) < 4.78 is 5.02. The normalized spacial score (nSPS) is 18.1. The Hall–Kier alpha value is -1.88. The van der Waals surface area contributed by atoms with Gasteiger partial charge < -0.3 is 15.2 Å². The predicted octanol–water partition coefficient (Wildman–Crippen LogP) is 0.932. The average Bonchev–Trinajstić information content (AvgIpc) is 2.35. The first-order chi connectivity index (χ1) is 9.11. The lowest BCUT2D eigenvalue weighted by Crippen LogP contribution is -2.40. The molecule has 0 heterocycles. The molecule has 1 aliphatic rings. The minimum atomic E-state index is -0.935. The van der Waals surface area contributed by atoms with Crippen LogP contribution >= 0.6 is 0 Å². The molecular formula is C14H17NO4. The van der Waals surface area contributed by atoms with Crippen molar-refractivity contribution in [2.24, 2.45) is 0 Å². The first kappa shape index (κ1) is 13.5. The second kappa shape index (κ2) is 5.84. The molecule has 0 saturated heterocycles. The van der Waals surface area contributed by atoms with Crippen molar-refractivity contribution in [1.29, 1.82) is 0 Å². The SMILES string of the molecule is COC(CNC(=O)C1Cc2ccccc21)CC(=O)O. The summed E-state index contributed by atoms with van der Waals surface area (Å²) in [7, 11) is 1.44. The smallest absolute Gasteiger partial charge is 0.306 e. The molecular weight excluding hydrogens is 246 g/mol. The molecule has 2 N–H and O–H groups in total. The average molecular weight is 263 g/mol.